The first-order valence-corrected chi connectivity index (χ1v) is 10.6. The predicted octanol–water partition coefficient (Wildman–Crippen LogP) is 4.33. The number of amides is 1. The van der Waals surface area contributed by atoms with Gasteiger partial charge in [-0.2, -0.15) is 0 Å². The van der Waals surface area contributed by atoms with E-state index in [1.807, 2.05) is 24.3 Å². The van der Waals surface area contributed by atoms with Crippen molar-refractivity contribution in [3.63, 3.8) is 0 Å². The van der Waals surface area contributed by atoms with Crippen LogP contribution in [-0.4, -0.2) is 19.3 Å². The summed E-state index contributed by atoms with van der Waals surface area (Å²) < 4.78 is 28.4. The topological polar surface area (TPSA) is 88.2 Å². The number of aromatic nitrogens is 1. The third-order valence-corrected chi connectivity index (χ3v) is 6.12. The summed E-state index contributed by atoms with van der Waals surface area (Å²) in [6.07, 6.45) is 0. The van der Waals surface area contributed by atoms with Crippen molar-refractivity contribution in [2.45, 2.75) is 11.8 Å². The van der Waals surface area contributed by atoms with E-state index in [0.29, 0.717) is 11.4 Å². The second-order valence-corrected chi connectivity index (χ2v) is 8.81. The maximum atomic E-state index is 12.5. The van der Waals surface area contributed by atoms with Crippen LogP contribution < -0.4 is 10.0 Å². The number of carbonyl (C=O) groups is 1. The molecule has 0 aliphatic carbocycles. The summed E-state index contributed by atoms with van der Waals surface area (Å²) in [6, 6.07) is 13.5. The summed E-state index contributed by atoms with van der Waals surface area (Å²) in [5, 5.41) is 4.67. The molecule has 0 fully saturated rings. The van der Waals surface area contributed by atoms with Gasteiger partial charge in [0.05, 0.1) is 10.6 Å². The minimum absolute atomic E-state index is 0.0898. The molecule has 6 nitrogen and oxygen atoms in total. The first kappa shape index (κ1) is 18.6. The first-order valence-electron chi connectivity index (χ1n) is 7.45. The molecule has 1 aromatic heterocycles. The Labute approximate surface area is 163 Å². The fourth-order valence-electron chi connectivity index (χ4n) is 2.17. The molecule has 0 atom stereocenters. The number of nitrogens with zero attached hydrogens (tertiary/aromatic N) is 1. The predicted molar refractivity (Wildman–Crippen MR) is 107 cm³/mol. The lowest BCUT2D eigenvalue weighted by molar-refractivity contribution is -0.114. The number of nitrogens with one attached hydrogen (secondary N) is 2. The average molecular weight is 452 g/mol. The number of benzene rings is 2. The van der Waals surface area contributed by atoms with Crippen LogP contribution in [-0.2, 0) is 14.8 Å². The van der Waals surface area contributed by atoms with Gasteiger partial charge in [-0.15, -0.1) is 11.3 Å². The SMILES string of the molecule is CC(=O)Nc1ccc(S(=O)(=O)Nc2nc(-c3ccc(Br)cc3)cs2)cc1. The number of thiazole rings is 1. The average Bonchev–Trinajstić information content (AvgIpc) is 3.03. The molecule has 134 valence electrons. The van der Waals surface area contributed by atoms with Crippen LogP contribution in [0.25, 0.3) is 11.3 Å². The minimum Gasteiger partial charge on any atom is -0.326 e. The van der Waals surface area contributed by atoms with Crippen molar-refractivity contribution in [3.8, 4) is 11.3 Å². The first-order chi connectivity index (χ1) is 12.3. The van der Waals surface area contributed by atoms with Crippen molar-refractivity contribution in [2.24, 2.45) is 0 Å². The van der Waals surface area contributed by atoms with Crippen LogP contribution in [0.3, 0.4) is 0 Å². The zero-order valence-electron chi connectivity index (χ0n) is 13.6. The highest BCUT2D eigenvalue weighted by Crippen LogP contribution is 2.27. The number of halogens is 1. The Morgan fingerprint density at radius 1 is 1.08 bits per heavy atom. The van der Waals surface area contributed by atoms with E-state index in [0.717, 1.165) is 10.0 Å². The number of sulfonamides is 1. The van der Waals surface area contributed by atoms with E-state index in [-0.39, 0.29) is 15.9 Å². The Balaban J connectivity index is 1.77. The fraction of sp³-hybridized carbons (Fsp3) is 0.0588. The van der Waals surface area contributed by atoms with E-state index in [9.17, 15) is 13.2 Å². The quantitative estimate of drug-likeness (QED) is 0.603. The number of anilines is 2. The number of carbonyl (C=O) groups excluding carboxylic acids is 1. The monoisotopic (exact) mass is 451 g/mol. The highest BCUT2D eigenvalue weighted by atomic mass is 79.9. The number of hydrogen-bond donors (Lipinski definition) is 2. The van der Waals surface area contributed by atoms with Crippen molar-refractivity contribution < 1.29 is 13.2 Å². The zero-order chi connectivity index (χ0) is 18.7. The van der Waals surface area contributed by atoms with Crippen LogP contribution in [0.5, 0.6) is 0 Å². The van der Waals surface area contributed by atoms with Crippen LogP contribution in [0, 0.1) is 0 Å². The normalized spacial score (nSPS) is 11.2. The molecule has 2 aromatic carbocycles. The highest BCUT2D eigenvalue weighted by molar-refractivity contribution is 9.10. The lowest BCUT2D eigenvalue weighted by atomic mass is 10.2. The number of rotatable bonds is 5. The molecule has 3 rings (SSSR count). The number of hydrogen-bond acceptors (Lipinski definition) is 5. The molecule has 3 aromatic rings. The molecule has 1 amide bonds. The van der Waals surface area contributed by atoms with E-state index in [4.69, 9.17) is 0 Å². The van der Waals surface area contributed by atoms with Gasteiger partial charge < -0.3 is 5.32 Å². The lowest BCUT2D eigenvalue weighted by Crippen LogP contribution is -2.13. The third-order valence-electron chi connectivity index (χ3n) is 3.35. The maximum absolute atomic E-state index is 12.5. The second kappa shape index (κ2) is 7.56. The van der Waals surface area contributed by atoms with Crippen LogP contribution >= 0.6 is 27.3 Å². The highest BCUT2D eigenvalue weighted by Gasteiger charge is 2.16. The molecule has 1 heterocycles. The Kier molecular flexibility index (Phi) is 5.40. The maximum Gasteiger partial charge on any atom is 0.263 e. The summed E-state index contributed by atoms with van der Waals surface area (Å²) in [5.41, 5.74) is 2.12. The Morgan fingerprint density at radius 2 is 1.73 bits per heavy atom. The van der Waals surface area contributed by atoms with Gasteiger partial charge in [0.1, 0.15) is 0 Å². The molecule has 0 radical (unpaired) electrons. The van der Waals surface area contributed by atoms with Gasteiger partial charge in [-0.05, 0) is 36.4 Å². The largest absolute Gasteiger partial charge is 0.326 e. The van der Waals surface area contributed by atoms with Crippen LogP contribution in [0.1, 0.15) is 6.92 Å². The Hall–Kier alpha value is -2.23. The fourth-order valence-corrected chi connectivity index (χ4v) is 4.41. The summed E-state index contributed by atoms with van der Waals surface area (Å²) in [5.74, 6) is -0.220. The van der Waals surface area contributed by atoms with Gasteiger partial charge in [0.15, 0.2) is 5.13 Å². The van der Waals surface area contributed by atoms with Crippen molar-refractivity contribution in [3.05, 3.63) is 58.4 Å². The molecule has 0 unspecified atom stereocenters. The zero-order valence-corrected chi connectivity index (χ0v) is 16.8. The van der Waals surface area contributed by atoms with Crippen molar-refractivity contribution in [1.82, 2.24) is 4.98 Å². The molecule has 0 spiro atoms. The van der Waals surface area contributed by atoms with Crippen molar-refractivity contribution in [1.29, 1.82) is 0 Å². The second-order valence-electron chi connectivity index (χ2n) is 5.36. The van der Waals surface area contributed by atoms with Gasteiger partial charge in [0, 0.05) is 28.0 Å². The van der Waals surface area contributed by atoms with Crippen LogP contribution in [0.4, 0.5) is 10.8 Å². The Morgan fingerprint density at radius 3 is 2.35 bits per heavy atom. The van der Waals surface area contributed by atoms with E-state index in [2.05, 4.69) is 31.0 Å². The standard InChI is InChI=1S/C17H14BrN3O3S2/c1-11(22)19-14-6-8-15(9-7-14)26(23,24)21-17-20-16(10-25-17)12-2-4-13(18)5-3-12/h2-10H,1H3,(H,19,22)(H,20,21). The molecule has 0 saturated carbocycles. The van der Waals surface area contributed by atoms with Crippen molar-refractivity contribution in [2.75, 3.05) is 10.0 Å². The molecular weight excluding hydrogens is 438 g/mol. The van der Waals surface area contributed by atoms with E-state index in [1.165, 1.54) is 42.5 Å². The minimum atomic E-state index is -3.76. The van der Waals surface area contributed by atoms with Gasteiger partial charge in [-0.3, -0.25) is 9.52 Å². The van der Waals surface area contributed by atoms with E-state index < -0.39 is 10.0 Å². The summed E-state index contributed by atoms with van der Waals surface area (Å²) >= 11 is 4.59. The third kappa shape index (κ3) is 4.48. The molecule has 0 aliphatic rings. The summed E-state index contributed by atoms with van der Waals surface area (Å²) in [7, 11) is -3.76. The molecule has 2 N–H and O–H groups in total. The van der Waals surface area contributed by atoms with Gasteiger partial charge in [0.25, 0.3) is 10.0 Å². The lowest BCUT2D eigenvalue weighted by Gasteiger charge is -2.07. The van der Waals surface area contributed by atoms with Crippen LogP contribution in [0.2, 0.25) is 0 Å². The molecular formula is C17H14BrN3O3S2. The molecule has 9 heteroatoms. The van der Waals surface area contributed by atoms with E-state index >= 15 is 0 Å². The van der Waals surface area contributed by atoms with Crippen molar-refractivity contribution >= 4 is 54.0 Å². The van der Waals surface area contributed by atoms with Gasteiger partial charge in [-0.25, -0.2) is 13.4 Å². The molecule has 0 bridgehead atoms. The summed E-state index contributed by atoms with van der Waals surface area (Å²) in [4.78, 5) is 15.4. The molecule has 0 aliphatic heterocycles. The summed E-state index contributed by atoms with van der Waals surface area (Å²) in [6.45, 7) is 1.39. The van der Waals surface area contributed by atoms with Gasteiger partial charge in [0.2, 0.25) is 5.91 Å². The van der Waals surface area contributed by atoms with Gasteiger partial charge in [-0.1, -0.05) is 28.1 Å². The molecule has 26 heavy (non-hydrogen) atoms. The van der Waals surface area contributed by atoms with E-state index in [1.54, 1.807) is 5.38 Å². The van der Waals surface area contributed by atoms with Crippen LogP contribution in [0.15, 0.2) is 63.3 Å². The van der Waals surface area contributed by atoms with Gasteiger partial charge >= 0.3 is 0 Å². The Bertz CT molecular complexity index is 1030. The smallest absolute Gasteiger partial charge is 0.263 e. The molecule has 0 saturated heterocycles.